The van der Waals surface area contributed by atoms with Gasteiger partial charge in [-0.3, -0.25) is 9.59 Å². The maximum Gasteiger partial charge on any atom is 0.303 e. The summed E-state index contributed by atoms with van der Waals surface area (Å²) < 4.78 is 0. The zero-order valence-electron chi connectivity index (χ0n) is 11.2. The van der Waals surface area contributed by atoms with E-state index in [0.717, 1.165) is 17.9 Å². The monoisotopic (exact) mass is 295 g/mol. The number of benzene rings is 1. The van der Waals surface area contributed by atoms with Crippen LogP contribution in [-0.4, -0.2) is 35.0 Å². The molecule has 0 unspecified atom stereocenters. The molecule has 0 aliphatic carbocycles. The zero-order chi connectivity index (χ0) is 14.5. The average molecular weight is 296 g/mol. The van der Waals surface area contributed by atoms with Crippen LogP contribution in [-0.2, 0) is 9.59 Å². The summed E-state index contributed by atoms with van der Waals surface area (Å²) in [5, 5.41) is 9.32. The van der Waals surface area contributed by atoms with Crippen LogP contribution in [0.1, 0.15) is 37.2 Å². The molecule has 5 heteroatoms. The summed E-state index contributed by atoms with van der Waals surface area (Å²) in [7, 11) is 0. The van der Waals surface area contributed by atoms with Crippen molar-refractivity contribution in [3.05, 3.63) is 34.9 Å². The molecule has 1 N–H and O–H groups in total. The number of halogens is 1. The van der Waals surface area contributed by atoms with Crippen molar-refractivity contribution in [3.63, 3.8) is 0 Å². The summed E-state index contributed by atoms with van der Waals surface area (Å²) in [6.07, 6.45) is 1.85. The smallest absolute Gasteiger partial charge is 0.303 e. The molecule has 4 nitrogen and oxygen atoms in total. The van der Waals surface area contributed by atoms with E-state index in [9.17, 15) is 9.59 Å². The number of carbonyl (C=O) groups excluding carboxylic acids is 1. The number of nitrogens with zero attached hydrogens (tertiary/aromatic N) is 1. The lowest BCUT2D eigenvalue weighted by molar-refractivity contribution is -0.141. The highest BCUT2D eigenvalue weighted by molar-refractivity contribution is 6.30. The second-order valence-corrected chi connectivity index (χ2v) is 5.54. The minimum Gasteiger partial charge on any atom is -0.481 e. The second-order valence-electron chi connectivity index (χ2n) is 5.10. The fourth-order valence-electron chi connectivity index (χ4n) is 2.57. The number of rotatable bonds is 4. The quantitative estimate of drug-likeness (QED) is 0.929. The predicted molar refractivity (Wildman–Crippen MR) is 76.9 cm³/mol. The maximum absolute atomic E-state index is 11.8. The molecule has 1 aliphatic heterocycles. The highest BCUT2D eigenvalue weighted by atomic mass is 35.5. The minimum atomic E-state index is -0.922. The van der Waals surface area contributed by atoms with Gasteiger partial charge in [-0.05, 0) is 36.5 Å². The van der Waals surface area contributed by atoms with E-state index in [2.05, 4.69) is 0 Å². The van der Waals surface area contributed by atoms with E-state index in [-0.39, 0.29) is 18.7 Å². The molecule has 0 bridgehead atoms. The Bertz CT molecular complexity index is 478. The largest absolute Gasteiger partial charge is 0.481 e. The van der Waals surface area contributed by atoms with E-state index >= 15 is 0 Å². The van der Waals surface area contributed by atoms with Crippen molar-refractivity contribution in [2.45, 2.75) is 31.6 Å². The Morgan fingerprint density at radius 2 is 1.75 bits per heavy atom. The van der Waals surface area contributed by atoms with E-state index in [4.69, 9.17) is 16.7 Å². The first-order valence-electron chi connectivity index (χ1n) is 6.81. The van der Waals surface area contributed by atoms with E-state index in [1.807, 2.05) is 24.3 Å². The summed E-state index contributed by atoms with van der Waals surface area (Å²) in [6, 6.07) is 7.85. The van der Waals surface area contributed by atoms with Crippen molar-refractivity contribution in [3.8, 4) is 0 Å². The summed E-state index contributed by atoms with van der Waals surface area (Å²) in [5.41, 5.74) is 1.26. The zero-order valence-corrected chi connectivity index (χ0v) is 12.0. The van der Waals surface area contributed by atoms with Gasteiger partial charge in [0.1, 0.15) is 0 Å². The Balaban J connectivity index is 1.84. The number of hydrogen-bond acceptors (Lipinski definition) is 2. The second kappa shape index (κ2) is 6.75. The van der Waals surface area contributed by atoms with E-state index in [1.54, 1.807) is 4.90 Å². The number of carbonyl (C=O) groups is 2. The van der Waals surface area contributed by atoms with Crippen LogP contribution in [0, 0.1) is 0 Å². The number of piperidine rings is 1. The minimum absolute atomic E-state index is 0.0537. The molecule has 1 aromatic carbocycles. The molecule has 1 heterocycles. The first-order chi connectivity index (χ1) is 9.56. The van der Waals surface area contributed by atoms with Crippen LogP contribution in [0.3, 0.4) is 0 Å². The van der Waals surface area contributed by atoms with Crippen LogP contribution >= 0.6 is 11.6 Å². The van der Waals surface area contributed by atoms with Crippen LogP contribution in [0.4, 0.5) is 0 Å². The van der Waals surface area contributed by atoms with Crippen LogP contribution in [0.2, 0.25) is 5.02 Å². The Kier molecular flexibility index (Phi) is 5.01. The van der Waals surface area contributed by atoms with Gasteiger partial charge in [0, 0.05) is 24.5 Å². The molecule has 0 radical (unpaired) electrons. The van der Waals surface area contributed by atoms with E-state index in [1.165, 1.54) is 5.56 Å². The topological polar surface area (TPSA) is 57.6 Å². The van der Waals surface area contributed by atoms with Gasteiger partial charge in [-0.25, -0.2) is 0 Å². The van der Waals surface area contributed by atoms with E-state index < -0.39 is 5.97 Å². The Morgan fingerprint density at radius 1 is 1.15 bits per heavy atom. The Labute approximate surface area is 123 Å². The Hall–Kier alpha value is -1.55. The highest BCUT2D eigenvalue weighted by Crippen LogP contribution is 2.29. The number of carboxylic acids is 1. The van der Waals surface area contributed by atoms with Crippen molar-refractivity contribution in [1.29, 1.82) is 0 Å². The Morgan fingerprint density at radius 3 is 2.30 bits per heavy atom. The molecule has 0 atom stereocenters. The van der Waals surface area contributed by atoms with Crippen molar-refractivity contribution in [2.24, 2.45) is 0 Å². The molecule has 20 heavy (non-hydrogen) atoms. The number of amides is 1. The average Bonchev–Trinajstić information content (AvgIpc) is 2.46. The molecule has 1 fully saturated rings. The van der Waals surface area contributed by atoms with Gasteiger partial charge in [0.25, 0.3) is 0 Å². The molecule has 0 aromatic heterocycles. The lowest BCUT2D eigenvalue weighted by Crippen LogP contribution is -2.38. The SMILES string of the molecule is O=C(O)CCC(=O)N1CCC(c2ccc(Cl)cc2)CC1. The van der Waals surface area contributed by atoms with Crippen LogP contribution in [0.15, 0.2) is 24.3 Å². The fourth-order valence-corrected chi connectivity index (χ4v) is 2.70. The summed E-state index contributed by atoms with van der Waals surface area (Å²) in [5.74, 6) is -0.521. The van der Waals surface area contributed by atoms with Crippen molar-refractivity contribution in [2.75, 3.05) is 13.1 Å². The first kappa shape index (κ1) is 14.9. The third-order valence-electron chi connectivity index (χ3n) is 3.74. The normalized spacial score (nSPS) is 16.1. The van der Waals surface area contributed by atoms with Crippen LogP contribution in [0.5, 0.6) is 0 Å². The molecular formula is C15H18ClNO3. The number of carboxylic acid groups (broad SMARTS) is 1. The van der Waals surface area contributed by atoms with Gasteiger partial charge in [0.15, 0.2) is 0 Å². The van der Waals surface area contributed by atoms with Gasteiger partial charge in [-0.1, -0.05) is 23.7 Å². The third kappa shape index (κ3) is 3.97. The summed E-state index contributed by atoms with van der Waals surface area (Å²) in [6.45, 7) is 1.40. The van der Waals surface area contributed by atoms with Crippen LogP contribution < -0.4 is 0 Å². The molecular weight excluding hydrogens is 278 g/mol. The van der Waals surface area contributed by atoms with Gasteiger partial charge in [0.2, 0.25) is 5.91 Å². The van der Waals surface area contributed by atoms with Crippen LogP contribution in [0.25, 0.3) is 0 Å². The molecule has 0 spiro atoms. The molecule has 1 aromatic rings. The lowest BCUT2D eigenvalue weighted by Gasteiger charge is -2.32. The third-order valence-corrected chi connectivity index (χ3v) is 3.99. The van der Waals surface area contributed by atoms with Crippen molar-refractivity contribution >= 4 is 23.5 Å². The fraction of sp³-hybridized carbons (Fsp3) is 0.467. The van der Waals surface area contributed by atoms with Gasteiger partial charge in [-0.2, -0.15) is 0 Å². The predicted octanol–water partition coefficient (Wildman–Crippen LogP) is 2.91. The molecule has 1 saturated heterocycles. The van der Waals surface area contributed by atoms with Crippen molar-refractivity contribution in [1.82, 2.24) is 4.90 Å². The standard InChI is InChI=1S/C15H18ClNO3/c16-13-3-1-11(2-4-13)12-7-9-17(10-8-12)14(18)5-6-15(19)20/h1-4,12H,5-10H2,(H,19,20). The molecule has 2 rings (SSSR count). The highest BCUT2D eigenvalue weighted by Gasteiger charge is 2.23. The van der Waals surface area contributed by atoms with E-state index in [0.29, 0.717) is 19.0 Å². The molecule has 0 saturated carbocycles. The number of likely N-dealkylation sites (tertiary alicyclic amines) is 1. The van der Waals surface area contributed by atoms with Gasteiger partial charge < -0.3 is 10.0 Å². The molecule has 1 amide bonds. The van der Waals surface area contributed by atoms with Gasteiger partial charge in [-0.15, -0.1) is 0 Å². The molecule has 1 aliphatic rings. The summed E-state index contributed by atoms with van der Waals surface area (Å²) >= 11 is 5.87. The molecule has 108 valence electrons. The van der Waals surface area contributed by atoms with Crippen molar-refractivity contribution < 1.29 is 14.7 Å². The number of hydrogen-bond donors (Lipinski definition) is 1. The van der Waals surface area contributed by atoms with Gasteiger partial charge >= 0.3 is 5.97 Å². The maximum atomic E-state index is 11.8. The van der Waals surface area contributed by atoms with Gasteiger partial charge in [0.05, 0.1) is 6.42 Å². The number of aliphatic carboxylic acids is 1. The lowest BCUT2D eigenvalue weighted by atomic mass is 9.89. The first-order valence-corrected chi connectivity index (χ1v) is 7.19. The summed E-state index contributed by atoms with van der Waals surface area (Å²) in [4.78, 5) is 24.1.